The smallest absolute Gasteiger partial charge is 0.159 e. The van der Waals surface area contributed by atoms with E-state index < -0.39 is 0 Å². The van der Waals surface area contributed by atoms with Crippen LogP contribution in [0.1, 0.15) is 108 Å². The van der Waals surface area contributed by atoms with Gasteiger partial charge in [0.15, 0.2) is 11.6 Å². The Hall–Kier alpha value is -1.52. The highest BCUT2D eigenvalue weighted by atomic mass is 16.1. The molecule has 1 N–H and O–H groups in total. The Balaban J connectivity index is 0.000000335. The molecule has 2 rings (SSSR count). The van der Waals surface area contributed by atoms with Gasteiger partial charge < -0.3 is 0 Å². The van der Waals surface area contributed by atoms with E-state index in [-0.39, 0.29) is 39.8 Å². The topological polar surface area (TPSA) is 49.4 Å². The number of nitrogens with one attached hydrogen (secondary N) is 1. The van der Waals surface area contributed by atoms with E-state index in [1.165, 1.54) is 0 Å². The highest BCUT2D eigenvalue weighted by Crippen LogP contribution is 2.31. The number of hydrogen-bond acceptors (Lipinski definition) is 4. The molecule has 1 saturated heterocycles. The van der Waals surface area contributed by atoms with Gasteiger partial charge in [-0.05, 0) is 66.5 Å². The molecule has 1 aliphatic rings. The molecular formula is C29H50N2O2. The maximum absolute atomic E-state index is 12.6. The van der Waals surface area contributed by atoms with Crippen LogP contribution in [0.5, 0.6) is 0 Å². The third-order valence-corrected chi connectivity index (χ3v) is 5.87. The lowest BCUT2D eigenvalue weighted by molar-refractivity contribution is -0.132. The fraction of sp³-hybridized carbons (Fsp3) is 0.724. The van der Waals surface area contributed by atoms with Crippen molar-refractivity contribution in [3.63, 3.8) is 0 Å². The van der Waals surface area contributed by atoms with Gasteiger partial charge in [0.1, 0.15) is 0 Å². The van der Waals surface area contributed by atoms with Gasteiger partial charge in [0.05, 0.1) is 12.1 Å². The van der Waals surface area contributed by atoms with E-state index in [2.05, 4.69) is 51.8 Å². The Morgan fingerprint density at radius 1 is 0.848 bits per heavy atom. The summed E-state index contributed by atoms with van der Waals surface area (Å²) < 4.78 is 0. The maximum Gasteiger partial charge on any atom is 0.159 e. The first kappa shape index (κ1) is 29.5. The van der Waals surface area contributed by atoms with E-state index in [1.54, 1.807) is 0 Å². The predicted octanol–water partition coefficient (Wildman–Crippen LogP) is 6.60. The van der Waals surface area contributed by atoms with Crippen molar-refractivity contribution in [2.75, 3.05) is 6.54 Å². The lowest BCUT2D eigenvalue weighted by atomic mass is 9.83. The molecule has 2 atom stereocenters. The summed E-state index contributed by atoms with van der Waals surface area (Å²) >= 11 is 0. The van der Waals surface area contributed by atoms with Crippen LogP contribution in [0, 0.1) is 10.8 Å². The van der Waals surface area contributed by atoms with Crippen LogP contribution in [-0.2, 0) is 9.59 Å². The molecule has 0 aromatic heterocycles. The summed E-state index contributed by atoms with van der Waals surface area (Å²) in [6.45, 7) is 25.9. The van der Waals surface area contributed by atoms with Crippen LogP contribution in [0.4, 0.5) is 0 Å². The van der Waals surface area contributed by atoms with Crippen LogP contribution in [0.3, 0.4) is 0 Å². The third-order valence-electron chi connectivity index (χ3n) is 5.87. The van der Waals surface area contributed by atoms with Crippen LogP contribution >= 0.6 is 0 Å². The van der Waals surface area contributed by atoms with E-state index >= 15 is 0 Å². The number of carbonyl (C=O) groups excluding carboxylic acids is 2. The van der Waals surface area contributed by atoms with Crippen molar-refractivity contribution < 1.29 is 9.59 Å². The summed E-state index contributed by atoms with van der Waals surface area (Å²) in [4.78, 5) is 27.2. The zero-order valence-corrected chi connectivity index (χ0v) is 23.4. The summed E-state index contributed by atoms with van der Waals surface area (Å²) in [5.41, 5.74) is 0.494. The van der Waals surface area contributed by atoms with Gasteiger partial charge in [0, 0.05) is 21.9 Å². The van der Waals surface area contributed by atoms with Gasteiger partial charge in [-0.1, -0.05) is 71.9 Å². The van der Waals surface area contributed by atoms with Crippen molar-refractivity contribution in [3.05, 3.63) is 35.9 Å². The van der Waals surface area contributed by atoms with Crippen molar-refractivity contribution in [2.24, 2.45) is 10.8 Å². The minimum atomic E-state index is -0.348. The Kier molecular flexibility index (Phi) is 9.68. The molecule has 0 radical (unpaired) electrons. The van der Waals surface area contributed by atoms with Gasteiger partial charge in [0.25, 0.3) is 0 Å². The van der Waals surface area contributed by atoms with Gasteiger partial charge in [0.2, 0.25) is 0 Å². The van der Waals surface area contributed by atoms with Crippen molar-refractivity contribution in [2.45, 2.75) is 119 Å². The predicted molar refractivity (Wildman–Crippen MR) is 140 cm³/mol. The molecular weight excluding hydrogens is 408 g/mol. The summed E-state index contributed by atoms with van der Waals surface area (Å²) in [5, 5.41) is 3.43. The van der Waals surface area contributed by atoms with E-state index in [1.807, 2.05) is 71.9 Å². The molecule has 4 nitrogen and oxygen atoms in total. The van der Waals surface area contributed by atoms with Gasteiger partial charge in [-0.15, -0.1) is 0 Å². The fourth-order valence-electron chi connectivity index (χ4n) is 4.15. The van der Waals surface area contributed by atoms with Crippen molar-refractivity contribution in [1.29, 1.82) is 0 Å². The second-order valence-corrected chi connectivity index (χ2v) is 13.5. The molecule has 1 aliphatic heterocycles. The van der Waals surface area contributed by atoms with E-state index in [0.717, 1.165) is 24.9 Å². The molecule has 0 saturated carbocycles. The van der Waals surface area contributed by atoms with Crippen molar-refractivity contribution >= 4 is 11.6 Å². The number of carbonyl (C=O) groups is 2. The minimum absolute atomic E-state index is 0.0958. The van der Waals surface area contributed by atoms with Crippen molar-refractivity contribution in [1.82, 2.24) is 10.2 Å². The molecule has 0 amide bonds. The highest BCUT2D eigenvalue weighted by molar-refractivity contribution is 5.90. The molecule has 2 unspecified atom stereocenters. The average Bonchev–Trinajstić information content (AvgIpc) is 3.14. The zero-order valence-electron chi connectivity index (χ0n) is 23.4. The Morgan fingerprint density at radius 2 is 1.36 bits per heavy atom. The molecule has 1 fully saturated rings. The van der Waals surface area contributed by atoms with Gasteiger partial charge >= 0.3 is 0 Å². The van der Waals surface area contributed by atoms with Crippen molar-refractivity contribution in [3.8, 4) is 0 Å². The summed E-state index contributed by atoms with van der Waals surface area (Å²) in [6.07, 6.45) is 2.19. The first-order valence-corrected chi connectivity index (χ1v) is 12.4. The molecule has 0 bridgehead atoms. The summed E-state index contributed by atoms with van der Waals surface area (Å²) in [5.74, 6) is 0.624. The largest absolute Gasteiger partial charge is 0.299 e. The number of benzene rings is 1. The quantitative estimate of drug-likeness (QED) is 0.552. The Morgan fingerprint density at radius 3 is 1.76 bits per heavy atom. The molecule has 33 heavy (non-hydrogen) atoms. The van der Waals surface area contributed by atoms with Gasteiger partial charge in [-0.25, -0.2) is 0 Å². The third kappa shape index (κ3) is 9.33. The standard InChI is InChI=1S/C16H25NO.C13H25NO/c1-15(2,3)14(18)13(17-16(4,5)6)12-10-8-7-9-11-12;1-12(2,3)11(15)10-8-7-9-14(10)13(4,5)6/h7-11,13,17H,1-6H3;10H,7-9H2,1-6H3. The molecule has 1 heterocycles. The first-order valence-electron chi connectivity index (χ1n) is 12.4. The fourth-order valence-corrected chi connectivity index (χ4v) is 4.15. The molecule has 1 aromatic rings. The summed E-state index contributed by atoms with van der Waals surface area (Å²) in [7, 11) is 0. The van der Waals surface area contributed by atoms with Crippen LogP contribution in [0.15, 0.2) is 30.3 Å². The molecule has 1 aromatic carbocycles. The number of Topliss-reactive ketones (excluding diaryl/α,β-unsaturated/α-hetero) is 2. The first-order chi connectivity index (χ1) is 14.7. The monoisotopic (exact) mass is 458 g/mol. The van der Waals surface area contributed by atoms with Gasteiger partial charge in [-0.2, -0.15) is 0 Å². The van der Waals surface area contributed by atoms with E-state index in [0.29, 0.717) is 5.78 Å². The zero-order chi connectivity index (χ0) is 25.8. The molecule has 0 aliphatic carbocycles. The number of ketones is 2. The average molecular weight is 459 g/mol. The minimum Gasteiger partial charge on any atom is -0.299 e. The highest BCUT2D eigenvalue weighted by Gasteiger charge is 2.40. The molecule has 4 heteroatoms. The Labute approximate surface area is 203 Å². The van der Waals surface area contributed by atoms with Gasteiger partial charge in [-0.3, -0.25) is 19.8 Å². The van der Waals surface area contributed by atoms with E-state index in [9.17, 15) is 9.59 Å². The van der Waals surface area contributed by atoms with Crippen LogP contribution < -0.4 is 5.32 Å². The number of rotatable bonds is 4. The lowest BCUT2D eigenvalue weighted by Gasteiger charge is -2.38. The second-order valence-electron chi connectivity index (χ2n) is 13.5. The normalized spacial score (nSPS) is 19.0. The Bertz CT molecular complexity index is 771. The van der Waals surface area contributed by atoms with E-state index in [4.69, 9.17) is 0 Å². The second kappa shape index (κ2) is 10.8. The number of nitrogens with zero attached hydrogens (tertiary/aromatic N) is 1. The maximum atomic E-state index is 12.6. The molecule has 0 spiro atoms. The van der Waals surface area contributed by atoms with Crippen LogP contribution in [0.25, 0.3) is 0 Å². The number of hydrogen-bond donors (Lipinski definition) is 1. The summed E-state index contributed by atoms with van der Waals surface area (Å²) in [6, 6.07) is 9.83. The lowest BCUT2D eigenvalue weighted by Crippen LogP contribution is -2.50. The van der Waals surface area contributed by atoms with Crippen LogP contribution in [-0.4, -0.2) is 40.1 Å². The SMILES string of the molecule is CC(C)(C)C(=O)C1CCCN1C(C)(C)C.CC(C)(C)NC(C(=O)C(C)(C)C)c1ccccc1. The molecule has 188 valence electrons. The number of likely N-dealkylation sites (tertiary alicyclic amines) is 1. The van der Waals surface area contributed by atoms with Crippen LogP contribution in [0.2, 0.25) is 0 Å².